The van der Waals surface area contributed by atoms with Crippen molar-refractivity contribution in [2.24, 2.45) is 24.8 Å². The minimum Gasteiger partial charge on any atom is -0.478 e. The van der Waals surface area contributed by atoms with Gasteiger partial charge in [0.25, 0.3) is 0 Å². The molecular weight excluding hydrogens is 495 g/mol. The van der Waals surface area contributed by atoms with Gasteiger partial charge in [-0.3, -0.25) is 14.5 Å². The summed E-state index contributed by atoms with van der Waals surface area (Å²) in [6, 6.07) is 12.1. The minimum absolute atomic E-state index is 0.0780. The summed E-state index contributed by atoms with van der Waals surface area (Å²) in [6.07, 6.45) is 11.0. The van der Waals surface area contributed by atoms with Crippen LogP contribution in [0.15, 0.2) is 67.1 Å². The molecule has 1 unspecified atom stereocenters. The normalized spacial score (nSPS) is 21.4. The lowest BCUT2D eigenvalue weighted by atomic mass is 9.87. The van der Waals surface area contributed by atoms with Gasteiger partial charge >= 0.3 is 5.97 Å². The Bertz CT molecular complexity index is 1650. The molecule has 4 atom stereocenters. The van der Waals surface area contributed by atoms with E-state index in [2.05, 4.69) is 10.1 Å². The summed E-state index contributed by atoms with van der Waals surface area (Å²) < 4.78 is 26.6. The van der Waals surface area contributed by atoms with Crippen LogP contribution >= 0.6 is 0 Å². The van der Waals surface area contributed by atoms with Crippen molar-refractivity contribution in [2.75, 3.05) is 4.90 Å². The number of aromatic nitrogens is 3. The van der Waals surface area contributed by atoms with E-state index in [0.717, 1.165) is 48.2 Å². The fraction of sp³-hybridized carbons (Fsp3) is 0.290. The third-order valence-electron chi connectivity index (χ3n) is 8.08. The van der Waals surface area contributed by atoms with Crippen molar-refractivity contribution in [2.45, 2.75) is 32.2 Å². The van der Waals surface area contributed by atoms with Crippen molar-refractivity contribution in [3.8, 4) is 11.1 Å². The van der Waals surface area contributed by atoms with Gasteiger partial charge in [0.15, 0.2) is 0 Å². The van der Waals surface area contributed by atoms with Crippen LogP contribution in [0.3, 0.4) is 0 Å². The van der Waals surface area contributed by atoms with Crippen molar-refractivity contribution in [1.29, 1.82) is 0 Å². The molecule has 2 aliphatic carbocycles. The van der Waals surface area contributed by atoms with Crippen molar-refractivity contribution in [3.05, 3.63) is 84.1 Å². The number of fused-ring (bicyclic) bond motifs is 3. The van der Waals surface area contributed by atoms with E-state index in [0.29, 0.717) is 22.7 Å². The molecule has 2 aliphatic rings. The summed E-state index contributed by atoms with van der Waals surface area (Å²) in [6.45, 7) is -1.35. The molecule has 1 amide bonds. The number of pyridine rings is 1. The Balaban J connectivity index is 1.36. The number of carbonyl (C=O) groups excluding carboxylic acids is 1. The summed E-state index contributed by atoms with van der Waals surface area (Å²) in [5, 5.41) is 14.2. The summed E-state index contributed by atoms with van der Waals surface area (Å²) >= 11 is 0. The molecule has 2 aromatic heterocycles. The van der Waals surface area contributed by atoms with Crippen LogP contribution in [0.2, 0.25) is 0 Å². The van der Waals surface area contributed by atoms with Crippen LogP contribution in [-0.2, 0) is 23.2 Å². The van der Waals surface area contributed by atoms with Crippen LogP contribution in [0.4, 0.5) is 10.1 Å². The second-order valence-electron chi connectivity index (χ2n) is 10.5. The lowest BCUT2D eigenvalue weighted by molar-refractivity contribution is -0.131. The van der Waals surface area contributed by atoms with Gasteiger partial charge in [0.05, 0.1) is 31.5 Å². The smallest absolute Gasteiger partial charge is 0.328 e. The van der Waals surface area contributed by atoms with E-state index in [-0.39, 0.29) is 23.3 Å². The zero-order valence-electron chi connectivity index (χ0n) is 22.5. The minimum atomic E-state index is -1.35. The number of aliphatic carboxylic acids is 1. The van der Waals surface area contributed by atoms with Crippen molar-refractivity contribution in [3.63, 3.8) is 0 Å². The number of carboxylic acid groups (broad SMARTS) is 1. The molecule has 2 fully saturated rings. The largest absolute Gasteiger partial charge is 0.478 e. The zero-order valence-corrected chi connectivity index (χ0v) is 21.5. The van der Waals surface area contributed by atoms with E-state index < -0.39 is 18.3 Å². The monoisotopic (exact) mass is 525 g/mol. The van der Waals surface area contributed by atoms with Crippen LogP contribution < -0.4 is 4.90 Å². The standard InChI is InChI=1S/C31H29FN4O3/c1-35-29-8-7-21(13-25(29)16-34-35)22-5-6-24(28(32)14-22)18-36(31(39)27-12-19-2-4-23(27)10-19)26-11-20(15-33-17-26)3-9-30(37)38/h3,5-9,11,13-17,19,23,27H,2,4,10,12,18H2,1H3,(H,37,38)/b9-3+/t19-,23+,27-/m1/s1/i18D/t18?,19-,23+,27-. The quantitative estimate of drug-likeness (QED) is 0.306. The highest BCUT2D eigenvalue weighted by atomic mass is 19.1. The van der Waals surface area contributed by atoms with Crippen molar-refractivity contribution < 1.29 is 20.5 Å². The molecule has 8 heteroatoms. The highest BCUT2D eigenvalue weighted by molar-refractivity contribution is 5.96. The molecular formula is C31H29FN4O3. The highest BCUT2D eigenvalue weighted by Crippen LogP contribution is 2.49. The van der Waals surface area contributed by atoms with E-state index >= 15 is 4.39 Å². The predicted molar refractivity (Wildman–Crippen MR) is 147 cm³/mol. The second kappa shape index (κ2) is 10.1. The Morgan fingerprint density at radius 2 is 1.95 bits per heavy atom. The molecule has 2 heterocycles. The van der Waals surface area contributed by atoms with Crippen LogP contribution in [0.25, 0.3) is 28.1 Å². The molecule has 2 aromatic carbocycles. The SMILES string of the molecule is [2H]C(c1ccc(-c2ccc3c(cnn3C)c2)cc1F)N(C(=O)[C@@H]1C[C@@H]2CC[C@H]1C2)c1cncc(/C=C/C(=O)O)c1. The Kier molecular flexibility index (Phi) is 6.15. The molecule has 2 saturated carbocycles. The van der Waals surface area contributed by atoms with Crippen molar-refractivity contribution >= 4 is 34.5 Å². The Labute approximate surface area is 227 Å². The molecule has 4 aromatic rings. The number of anilines is 1. The summed E-state index contributed by atoms with van der Waals surface area (Å²) in [4.78, 5) is 30.5. The fourth-order valence-corrected chi connectivity index (χ4v) is 6.12. The maximum atomic E-state index is 15.7. The van der Waals surface area contributed by atoms with Crippen LogP contribution in [0.5, 0.6) is 0 Å². The van der Waals surface area contributed by atoms with E-state index in [9.17, 15) is 9.59 Å². The molecule has 0 saturated heterocycles. The number of hydrogen-bond donors (Lipinski definition) is 1. The number of amides is 1. The average molecular weight is 526 g/mol. The summed E-state index contributed by atoms with van der Waals surface area (Å²) in [7, 11) is 1.86. The van der Waals surface area contributed by atoms with Gasteiger partial charge in [-0.15, -0.1) is 0 Å². The van der Waals surface area contributed by atoms with Gasteiger partial charge in [0, 0.05) is 36.2 Å². The number of rotatable bonds is 7. The molecule has 1 N–H and O–H groups in total. The van der Waals surface area contributed by atoms with Gasteiger partial charge in [-0.1, -0.05) is 24.6 Å². The average Bonchev–Trinajstić information content (AvgIpc) is 3.68. The first kappa shape index (κ1) is 23.8. The van der Waals surface area contributed by atoms with Gasteiger partial charge in [-0.2, -0.15) is 5.10 Å². The number of nitrogens with zero attached hydrogens (tertiary/aromatic N) is 4. The first-order chi connectivity index (χ1) is 19.3. The molecule has 7 nitrogen and oxygen atoms in total. The highest BCUT2D eigenvalue weighted by Gasteiger charge is 2.44. The molecule has 198 valence electrons. The fourth-order valence-electron chi connectivity index (χ4n) is 6.12. The van der Waals surface area contributed by atoms with Gasteiger partial charge in [0.1, 0.15) is 5.82 Å². The number of carboxylic acids is 1. The summed E-state index contributed by atoms with van der Waals surface area (Å²) in [5.74, 6) is -1.34. The Morgan fingerprint density at radius 3 is 2.69 bits per heavy atom. The van der Waals surface area contributed by atoms with Gasteiger partial charge in [-0.05, 0) is 78.1 Å². The predicted octanol–water partition coefficient (Wildman–Crippen LogP) is 5.84. The summed E-state index contributed by atoms with van der Waals surface area (Å²) in [5.41, 5.74) is 3.34. The maximum absolute atomic E-state index is 15.7. The second-order valence-corrected chi connectivity index (χ2v) is 10.5. The molecule has 0 aliphatic heterocycles. The number of hydrogen-bond acceptors (Lipinski definition) is 4. The Morgan fingerprint density at radius 1 is 1.13 bits per heavy atom. The van der Waals surface area contributed by atoms with Crippen LogP contribution in [0, 0.1) is 23.6 Å². The molecule has 39 heavy (non-hydrogen) atoms. The lowest BCUT2D eigenvalue weighted by Crippen LogP contribution is -2.38. The molecule has 0 spiro atoms. The maximum Gasteiger partial charge on any atom is 0.328 e. The third-order valence-corrected chi connectivity index (χ3v) is 8.08. The van der Waals surface area contributed by atoms with Crippen molar-refractivity contribution in [1.82, 2.24) is 14.8 Å². The van der Waals surface area contributed by atoms with Crippen LogP contribution in [-0.4, -0.2) is 31.7 Å². The Hall–Kier alpha value is -4.33. The van der Waals surface area contributed by atoms with Crippen LogP contribution in [0.1, 0.15) is 38.2 Å². The molecule has 6 rings (SSSR count). The zero-order chi connectivity index (χ0) is 28.0. The number of halogens is 1. The molecule has 0 radical (unpaired) electrons. The number of benzene rings is 2. The van der Waals surface area contributed by atoms with Gasteiger partial charge in [0.2, 0.25) is 5.91 Å². The number of carbonyl (C=O) groups is 2. The van der Waals surface area contributed by atoms with E-state index in [4.69, 9.17) is 6.48 Å². The van der Waals surface area contributed by atoms with Gasteiger partial charge < -0.3 is 10.0 Å². The lowest BCUT2D eigenvalue weighted by Gasteiger charge is -2.30. The van der Waals surface area contributed by atoms with Gasteiger partial charge in [-0.25, -0.2) is 9.18 Å². The number of aryl methyl sites for hydroxylation is 1. The third kappa shape index (κ3) is 4.94. The van der Waals surface area contributed by atoms with E-state index in [1.807, 2.05) is 25.2 Å². The molecule has 2 bridgehead atoms. The van der Waals surface area contributed by atoms with E-state index in [1.54, 1.807) is 29.1 Å². The first-order valence-electron chi connectivity index (χ1n) is 13.7. The topological polar surface area (TPSA) is 88.3 Å². The van der Waals surface area contributed by atoms with E-state index in [1.165, 1.54) is 29.4 Å². The first-order valence-corrected chi connectivity index (χ1v) is 13.1.